The summed E-state index contributed by atoms with van der Waals surface area (Å²) in [7, 11) is 0. The number of benzene rings is 1. The van der Waals surface area contributed by atoms with E-state index in [9.17, 15) is 4.79 Å². The fourth-order valence-electron chi connectivity index (χ4n) is 2.34. The number of nitrogens with zero attached hydrogens (tertiary/aromatic N) is 2. The number of fused-ring (bicyclic) bond motifs is 1. The molecule has 5 nitrogen and oxygen atoms in total. The van der Waals surface area contributed by atoms with Gasteiger partial charge in [0.15, 0.2) is 5.82 Å². The van der Waals surface area contributed by atoms with Crippen LogP contribution in [0.3, 0.4) is 0 Å². The maximum Gasteiger partial charge on any atom is 0.222 e. The van der Waals surface area contributed by atoms with Crippen molar-refractivity contribution in [2.45, 2.75) is 13.8 Å². The molecule has 0 aliphatic heterocycles. The average molecular weight is 280 g/mol. The number of nitrogens with two attached hydrogens (primary N) is 1. The molecule has 106 valence electrons. The van der Waals surface area contributed by atoms with Gasteiger partial charge < -0.3 is 15.5 Å². The van der Waals surface area contributed by atoms with Crippen LogP contribution in [-0.4, -0.2) is 15.3 Å². The van der Waals surface area contributed by atoms with Crippen LogP contribution >= 0.6 is 0 Å². The molecule has 0 aliphatic carbocycles. The minimum atomic E-state index is -0.134. The normalized spacial score (nSPS) is 10.8. The van der Waals surface area contributed by atoms with E-state index in [1.807, 2.05) is 40.9 Å². The van der Waals surface area contributed by atoms with Gasteiger partial charge in [0.25, 0.3) is 0 Å². The Morgan fingerprint density at radius 2 is 2.05 bits per heavy atom. The van der Waals surface area contributed by atoms with E-state index in [-0.39, 0.29) is 5.91 Å². The van der Waals surface area contributed by atoms with Crippen molar-refractivity contribution in [2.24, 2.45) is 0 Å². The van der Waals surface area contributed by atoms with Gasteiger partial charge in [-0.15, -0.1) is 0 Å². The van der Waals surface area contributed by atoms with Crippen molar-refractivity contribution < 1.29 is 4.79 Å². The third kappa shape index (κ3) is 2.58. The van der Waals surface area contributed by atoms with E-state index in [0.717, 1.165) is 28.0 Å². The first kappa shape index (κ1) is 13.2. The second-order valence-corrected chi connectivity index (χ2v) is 5.06. The van der Waals surface area contributed by atoms with E-state index in [0.29, 0.717) is 5.82 Å². The molecule has 21 heavy (non-hydrogen) atoms. The number of carbonyl (C=O) groups is 1. The topological polar surface area (TPSA) is 72.4 Å². The Labute approximate surface area is 122 Å². The lowest BCUT2D eigenvalue weighted by molar-refractivity contribution is -0.114. The smallest absolute Gasteiger partial charge is 0.222 e. The van der Waals surface area contributed by atoms with Crippen LogP contribution in [0.15, 0.2) is 42.7 Å². The lowest BCUT2D eigenvalue weighted by Crippen LogP contribution is -2.05. The van der Waals surface area contributed by atoms with Gasteiger partial charge >= 0.3 is 0 Å². The molecule has 2 heterocycles. The summed E-state index contributed by atoms with van der Waals surface area (Å²) < 4.78 is 1.89. The molecule has 1 amide bonds. The van der Waals surface area contributed by atoms with Gasteiger partial charge in [0.1, 0.15) is 5.65 Å². The number of anilines is 2. The number of aryl methyl sites for hydroxylation is 1. The zero-order valence-corrected chi connectivity index (χ0v) is 11.9. The number of hydrogen-bond acceptors (Lipinski definition) is 3. The predicted octanol–water partition coefficient (Wildman–Crippen LogP) is 2.85. The fraction of sp³-hybridized carbons (Fsp3) is 0.125. The Balaban J connectivity index is 2.08. The highest BCUT2D eigenvalue weighted by molar-refractivity contribution is 5.88. The number of carbonyl (C=O) groups excluding carboxylic acids is 1. The summed E-state index contributed by atoms with van der Waals surface area (Å²) in [6.07, 6.45) is 3.78. The van der Waals surface area contributed by atoms with Crippen molar-refractivity contribution >= 4 is 23.1 Å². The zero-order valence-electron chi connectivity index (χ0n) is 11.9. The molecule has 3 N–H and O–H groups in total. The number of imidazole rings is 1. The molecule has 0 fully saturated rings. The minimum absolute atomic E-state index is 0.134. The lowest BCUT2D eigenvalue weighted by Gasteiger charge is -2.07. The molecule has 3 rings (SSSR count). The standard InChI is InChI=1S/C16H16N4O/c1-10-3-5-13(17)7-14(10)12-4-6-16-19-15(18-11(2)21)9-20(16)8-12/h3-9H,17H2,1-2H3,(H,18,21). The summed E-state index contributed by atoms with van der Waals surface area (Å²) in [6, 6.07) is 9.78. The first-order valence-electron chi connectivity index (χ1n) is 6.66. The Morgan fingerprint density at radius 1 is 1.24 bits per heavy atom. The van der Waals surface area contributed by atoms with E-state index in [1.165, 1.54) is 6.92 Å². The third-order valence-electron chi connectivity index (χ3n) is 3.33. The van der Waals surface area contributed by atoms with Crippen LogP contribution in [0.25, 0.3) is 16.8 Å². The lowest BCUT2D eigenvalue weighted by atomic mass is 10.0. The molecular formula is C16H16N4O. The molecule has 5 heteroatoms. The van der Waals surface area contributed by atoms with E-state index in [2.05, 4.69) is 17.2 Å². The molecule has 2 aromatic heterocycles. The molecule has 0 unspecified atom stereocenters. The quantitative estimate of drug-likeness (QED) is 0.709. The third-order valence-corrected chi connectivity index (χ3v) is 3.33. The summed E-state index contributed by atoms with van der Waals surface area (Å²) in [5.74, 6) is 0.411. The Morgan fingerprint density at radius 3 is 2.81 bits per heavy atom. The number of rotatable bonds is 2. The second kappa shape index (κ2) is 4.94. The first-order chi connectivity index (χ1) is 10.0. The van der Waals surface area contributed by atoms with Gasteiger partial charge in [-0.2, -0.15) is 0 Å². The molecule has 1 aromatic carbocycles. The predicted molar refractivity (Wildman–Crippen MR) is 84.1 cm³/mol. The van der Waals surface area contributed by atoms with Gasteiger partial charge in [-0.25, -0.2) is 4.98 Å². The van der Waals surface area contributed by atoms with Gasteiger partial charge in [-0.3, -0.25) is 4.79 Å². The molecule has 0 saturated heterocycles. The van der Waals surface area contributed by atoms with Gasteiger partial charge in [0.05, 0.1) is 6.20 Å². The van der Waals surface area contributed by atoms with Gasteiger partial charge in [0, 0.05) is 18.8 Å². The van der Waals surface area contributed by atoms with Crippen LogP contribution in [0.1, 0.15) is 12.5 Å². The van der Waals surface area contributed by atoms with Crippen LogP contribution in [0.4, 0.5) is 11.5 Å². The molecule has 3 aromatic rings. The Bertz CT molecular complexity index is 835. The number of nitrogen functional groups attached to an aromatic ring is 1. The monoisotopic (exact) mass is 280 g/mol. The van der Waals surface area contributed by atoms with Crippen LogP contribution in [0, 0.1) is 6.92 Å². The summed E-state index contributed by atoms with van der Waals surface area (Å²) >= 11 is 0. The molecule has 0 saturated carbocycles. The van der Waals surface area contributed by atoms with Crippen molar-refractivity contribution in [3.63, 3.8) is 0 Å². The highest BCUT2D eigenvalue weighted by Crippen LogP contribution is 2.26. The number of nitrogens with one attached hydrogen (secondary N) is 1. The highest BCUT2D eigenvalue weighted by Gasteiger charge is 2.07. The van der Waals surface area contributed by atoms with Crippen molar-refractivity contribution in [2.75, 3.05) is 11.1 Å². The second-order valence-electron chi connectivity index (χ2n) is 5.06. The Kier molecular flexibility index (Phi) is 3.10. The Hall–Kier alpha value is -2.82. The van der Waals surface area contributed by atoms with Gasteiger partial charge in [-0.1, -0.05) is 6.07 Å². The molecular weight excluding hydrogens is 264 g/mol. The van der Waals surface area contributed by atoms with Gasteiger partial charge in [-0.05, 0) is 47.9 Å². The molecule has 0 aliphatic rings. The van der Waals surface area contributed by atoms with Crippen LogP contribution < -0.4 is 11.1 Å². The largest absolute Gasteiger partial charge is 0.399 e. The SMILES string of the molecule is CC(=O)Nc1cn2cc(-c3cc(N)ccc3C)ccc2n1. The van der Waals surface area contributed by atoms with E-state index in [1.54, 1.807) is 6.20 Å². The number of amides is 1. The number of aromatic nitrogens is 2. The summed E-state index contributed by atoms with van der Waals surface area (Å²) in [5.41, 5.74) is 10.7. The average Bonchev–Trinajstić information content (AvgIpc) is 2.81. The van der Waals surface area contributed by atoms with Crippen molar-refractivity contribution in [1.29, 1.82) is 0 Å². The highest BCUT2D eigenvalue weighted by atomic mass is 16.1. The minimum Gasteiger partial charge on any atom is -0.399 e. The van der Waals surface area contributed by atoms with E-state index < -0.39 is 0 Å². The van der Waals surface area contributed by atoms with E-state index in [4.69, 9.17) is 5.73 Å². The van der Waals surface area contributed by atoms with Gasteiger partial charge in [0.2, 0.25) is 5.91 Å². The van der Waals surface area contributed by atoms with Crippen molar-refractivity contribution in [1.82, 2.24) is 9.38 Å². The number of pyridine rings is 1. The maximum absolute atomic E-state index is 11.1. The molecule has 0 spiro atoms. The van der Waals surface area contributed by atoms with Crippen LogP contribution in [0.2, 0.25) is 0 Å². The molecule has 0 atom stereocenters. The zero-order chi connectivity index (χ0) is 15.0. The molecule has 0 bridgehead atoms. The van der Waals surface area contributed by atoms with Crippen LogP contribution in [-0.2, 0) is 4.79 Å². The van der Waals surface area contributed by atoms with Crippen molar-refractivity contribution in [3.05, 3.63) is 48.3 Å². The fourth-order valence-corrected chi connectivity index (χ4v) is 2.34. The van der Waals surface area contributed by atoms with E-state index >= 15 is 0 Å². The number of hydrogen-bond donors (Lipinski definition) is 2. The van der Waals surface area contributed by atoms with Crippen LogP contribution in [0.5, 0.6) is 0 Å². The summed E-state index contributed by atoms with van der Waals surface area (Å²) in [4.78, 5) is 15.4. The maximum atomic E-state index is 11.1. The first-order valence-corrected chi connectivity index (χ1v) is 6.66. The summed E-state index contributed by atoms with van der Waals surface area (Å²) in [6.45, 7) is 3.52. The van der Waals surface area contributed by atoms with Crippen molar-refractivity contribution in [3.8, 4) is 11.1 Å². The summed E-state index contributed by atoms with van der Waals surface area (Å²) in [5, 5.41) is 2.68. The molecule has 0 radical (unpaired) electrons.